The van der Waals surface area contributed by atoms with Gasteiger partial charge in [-0.15, -0.1) is 0 Å². The Labute approximate surface area is 168 Å². The highest BCUT2D eigenvalue weighted by Crippen LogP contribution is 2.28. The van der Waals surface area contributed by atoms with Crippen LogP contribution in [0.15, 0.2) is 54.6 Å². The number of imide groups is 1. The predicted molar refractivity (Wildman–Crippen MR) is 104 cm³/mol. The molecule has 0 aromatic heterocycles. The summed E-state index contributed by atoms with van der Waals surface area (Å²) in [6.07, 6.45) is 0. The zero-order chi connectivity index (χ0) is 21.0. The number of urea groups is 1. The first-order chi connectivity index (χ1) is 13.8. The summed E-state index contributed by atoms with van der Waals surface area (Å²) in [5, 5.41) is 2.59. The molecule has 0 saturated carbocycles. The molecule has 0 spiro atoms. The van der Waals surface area contributed by atoms with Crippen molar-refractivity contribution in [2.75, 3.05) is 26.7 Å². The SMILES string of the molecule is CN(CCOc1ccccc1)C(=O)CN1C(=O)NC(C)(c2ccc(F)cc2)C1=O. The van der Waals surface area contributed by atoms with Crippen molar-refractivity contribution >= 4 is 17.8 Å². The van der Waals surface area contributed by atoms with Gasteiger partial charge in [-0.05, 0) is 36.8 Å². The second-order valence-electron chi connectivity index (χ2n) is 6.93. The van der Waals surface area contributed by atoms with Crippen molar-refractivity contribution in [2.24, 2.45) is 0 Å². The lowest BCUT2D eigenvalue weighted by molar-refractivity contribution is -0.138. The molecule has 4 amide bonds. The van der Waals surface area contributed by atoms with Crippen LogP contribution >= 0.6 is 0 Å². The molecule has 0 bridgehead atoms. The molecule has 1 unspecified atom stereocenters. The number of carbonyl (C=O) groups excluding carboxylic acids is 3. The van der Waals surface area contributed by atoms with Crippen LogP contribution in [0.4, 0.5) is 9.18 Å². The number of nitrogens with zero attached hydrogens (tertiary/aromatic N) is 2. The summed E-state index contributed by atoms with van der Waals surface area (Å²) in [4.78, 5) is 39.9. The summed E-state index contributed by atoms with van der Waals surface area (Å²) in [5.41, 5.74) is -0.906. The Hall–Kier alpha value is -3.42. The van der Waals surface area contributed by atoms with E-state index in [0.717, 1.165) is 4.90 Å². The molecule has 1 saturated heterocycles. The number of hydrogen-bond donors (Lipinski definition) is 1. The summed E-state index contributed by atoms with van der Waals surface area (Å²) < 4.78 is 18.7. The first-order valence-corrected chi connectivity index (χ1v) is 9.13. The molecule has 0 aliphatic carbocycles. The zero-order valence-electron chi connectivity index (χ0n) is 16.2. The lowest BCUT2D eigenvalue weighted by Crippen LogP contribution is -2.44. The number of rotatable bonds is 7. The maximum atomic E-state index is 13.2. The molecule has 0 radical (unpaired) electrons. The van der Waals surface area contributed by atoms with E-state index in [1.165, 1.54) is 36.1 Å². The van der Waals surface area contributed by atoms with Crippen molar-refractivity contribution < 1.29 is 23.5 Å². The molecule has 29 heavy (non-hydrogen) atoms. The average molecular weight is 399 g/mol. The van der Waals surface area contributed by atoms with Crippen molar-refractivity contribution in [1.29, 1.82) is 0 Å². The van der Waals surface area contributed by atoms with Crippen LogP contribution in [-0.4, -0.2) is 54.4 Å². The van der Waals surface area contributed by atoms with Gasteiger partial charge in [0.1, 0.15) is 30.3 Å². The van der Waals surface area contributed by atoms with Gasteiger partial charge < -0.3 is 15.0 Å². The molecule has 1 heterocycles. The fourth-order valence-electron chi connectivity index (χ4n) is 3.02. The van der Waals surface area contributed by atoms with Crippen LogP contribution in [0.2, 0.25) is 0 Å². The highest BCUT2D eigenvalue weighted by molar-refractivity contribution is 6.09. The molecule has 3 rings (SSSR count). The smallest absolute Gasteiger partial charge is 0.325 e. The van der Waals surface area contributed by atoms with Crippen LogP contribution in [0.3, 0.4) is 0 Å². The van der Waals surface area contributed by atoms with Gasteiger partial charge in [0.2, 0.25) is 5.91 Å². The van der Waals surface area contributed by atoms with E-state index in [0.29, 0.717) is 17.9 Å². The normalized spacial score (nSPS) is 18.5. The molecule has 7 nitrogen and oxygen atoms in total. The Bertz CT molecular complexity index is 904. The highest BCUT2D eigenvalue weighted by atomic mass is 19.1. The van der Waals surface area contributed by atoms with E-state index in [1.807, 2.05) is 30.3 Å². The molecule has 1 N–H and O–H groups in total. The zero-order valence-corrected chi connectivity index (χ0v) is 16.2. The van der Waals surface area contributed by atoms with Gasteiger partial charge in [0, 0.05) is 7.05 Å². The molecule has 152 valence electrons. The van der Waals surface area contributed by atoms with Crippen molar-refractivity contribution in [3.05, 3.63) is 66.0 Å². The minimum absolute atomic E-state index is 0.277. The number of likely N-dealkylation sites (N-methyl/N-ethyl adjacent to an activating group) is 1. The molecule has 1 atom stereocenters. The lowest BCUT2D eigenvalue weighted by Gasteiger charge is -2.23. The predicted octanol–water partition coefficient (Wildman–Crippen LogP) is 2.13. The van der Waals surface area contributed by atoms with Gasteiger partial charge in [0.05, 0.1) is 6.54 Å². The molecule has 1 fully saturated rings. The van der Waals surface area contributed by atoms with Gasteiger partial charge in [0.25, 0.3) is 5.91 Å². The lowest BCUT2D eigenvalue weighted by atomic mass is 9.92. The Balaban J connectivity index is 1.58. The maximum Gasteiger partial charge on any atom is 0.325 e. The summed E-state index contributed by atoms with van der Waals surface area (Å²) in [5.74, 6) is -0.706. The second kappa shape index (κ2) is 8.30. The second-order valence-corrected chi connectivity index (χ2v) is 6.93. The summed E-state index contributed by atoms with van der Waals surface area (Å²) >= 11 is 0. The van der Waals surface area contributed by atoms with Gasteiger partial charge in [-0.2, -0.15) is 0 Å². The number of nitrogens with one attached hydrogen (secondary N) is 1. The number of benzene rings is 2. The molecule has 8 heteroatoms. The topological polar surface area (TPSA) is 79.0 Å². The van der Waals surface area contributed by atoms with Crippen molar-refractivity contribution in [2.45, 2.75) is 12.5 Å². The van der Waals surface area contributed by atoms with Gasteiger partial charge in [-0.1, -0.05) is 30.3 Å². The van der Waals surface area contributed by atoms with Crippen LogP contribution in [0, 0.1) is 5.82 Å². The van der Waals surface area contributed by atoms with Crippen LogP contribution in [-0.2, 0) is 15.1 Å². The van der Waals surface area contributed by atoms with E-state index >= 15 is 0 Å². The Morgan fingerprint density at radius 2 is 1.79 bits per heavy atom. The largest absolute Gasteiger partial charge is 0.492 e. The van der Waals surface area contributed by atoms with Crippen LogP contribution in [0.1, 0.15) is 12.5 Å². The molecule has 1 aliphatic rings. The van der Waals surface area contributed by atoms with Gasteiger partial charge in [-0.25, -0.2) is 9.18 Å². The van der Waals surface area contributed by atoms with Gasteiger partial charge >= 0.3 is 6.03 Å². The van der Waals surface area contributed by atoms with Crippen molar-refractivity contribution in [1.82, 2.24) is 15.1 Å². The number of carbonyl (C=O) groups is 3. The van der Waals surface area contributed by atoms with Crippen LogP contribution < -0.4 is 10.1 Å². The summed E-state index contributed by atoms with van der Waals surface area (Å²) in [6, 6.07) is 13.8. The number of para-hydroxylation sites is 1. The van der Waals surface area contributed by atoms with E-state index < -0.39 is 29.2 Å². The fraction of sp³-hybridized carbons (Fsp3) is 0.286. The molecule has 2 aromatic rings. The van der Waals surface area contributed by atoms with Gasteiger partial charge in [-0.3, -0.25) is 14.5 Å². The minimum atomic E-state index is -1.35. The van der Waals surface area contributed by atoms with Crippen molar-refractivity contribution in [3.8, 4) is 5.75 Å². The Morgan fingerprint density at radius 3 is 2.45 bits per heavy atom. The van der Waals surface area contributed by atoms with E-state index in [1.54, 1.807) is 7.05 Å². The standard InChI is InChI=1S/C21H22FN3O4/c1-21(15-8-10-16(22)11-9-15)19(27)25(20(28)23-21)14-18(26)24(2)12-13-29-17-6-4-3-5-7-17/h3-11H,12-14H2,1-2H3,(H,23,28). The molecule has 2 aromatic carbocycles. The third-order valence-corrected chi connectivity index (χ3v) is 4.85. The first kappa shape index (κ1) is 20.3. The Kier molecular flexibility index (Phi) is 5.81. The number of halogens is 1. The average Bonchev–Trinajstić information content (AvgIpc) is 2.93. The van der Waals surface area contributed by atoms with E-state index in [2.05, 4.69) is 5.32 Å². The van der Waals surface area contributed by atoms with Gasteiger partial charge in [0.15, 0.2) is 0 Å². The Morgan fingerprint density at radius 1 is 1.14 bits per heavy atom. The first-order valence-electron chi connectivity index (χ1n) is 9.13. The highest BCUT2D eigenvalue weighted by Gasteiger charge is 2.49. The van der Waals surface area contributed by atoms with Crippen molar-refractivity contribution in [3.63, 3.8) is 0 Å². The third-order valence-electron chi connectivity index (χ3n) is 4.85. The van der Waals surface area contributed by atoms with E-state index in [4.69, 9.17) is 4.74 Å². The van der Waals surface area contributed by atoms with Crippen LogP contribution in [0.5, 0.6) is 5.75 Å². The number of amides is 4. The summed E-state index contributed by atoms with van der Waals surface area (Å²) in [6.45, 7) is 1.72. The molecular formula is C21H22FN3O4. The summed E-state index contributed by atoms with van der Waals surface area (Å²) in [7, 11) is 1.58. The molecular weight excluding hydrogens is 377 g/mol. The minimum Gasteiger partial charge on any atom is -0.492 e. The van der Waals surface area contributed by atoms with E-state index in [-0.39, 0.29) is 13.2 Å². The maximum absolute atomic E-state index is 13.2. The number of hydrogen-bond acceptors (Lipinski definition) is 4. The number of ether oxygens (including phenoxy) is 1. The quantitative estimate of drug-likeness (QED) is 0.724. The van der Waals surface area contributed by atoms with E-state index in [9.17, 15) is 18.8 Å². The monoisotopic (exact) mass is 399 g/mol. The fourth-order valence-corrected chi connectivity index (χ4v) is 3.02. The third kappa shape index (κ3) is 4.37. The van der Waals surface area contributed by atoms with Crippen LogP contribution in [0.25, 0.3) is 0 Å². The molecule has 1 aliphatic heterocycles.